The van der Waals surface area contributed by atoms with Crippen molar-refractivity contribution < 1.29 is 30.0 Å². The molecular formula is C21H38O6. The molecule has 0 spiro atoms. The van der Waals surface area contributed by atoms with Crippen molar-refractivity contribution in [2.24, 2.45) is 17.8 Å². The molecule has 1 aliphatic heterocycles. The van der Waals surface area contributed by atoms with Crippen LogP contribution in [0.15, 0.2) is 0 Å². The number of aliphatic hydroxyl groups excluding tert-OH is 4. The Labute approximate surface area is 162 Å². The first kappa shape index (κ1) is 22.8. The van der Waals surface area contributed by atoms with E-state index in [1.807, 2.05) is 0 Å². The molecule has 0 amide bonds. The first-order valence-corrected chi connectivity index (χ1v) is 10.8. The zero-order chi connectivity index (χ0) is 20.0. The molecule has 2 rings (SSSR count). The summed E-state index contributed by atoms with van der Waals surface area (Å²) >= 11 is 0. The van der Waals surface area contributed by atoms with E-state index in [-0.39, 0.29) is 5.78 Å². The maximum atomic E-state index is 12.9. The smallest absolute Gasteiger partial charge is 0.138 e. The van der Waals surface area contributed by atoms with Gasteiger partial charge in [0.15, 0.2) is 0 Å². The predicted octanol–water partition coefficient (Wildman–Crippen LogP) is 1.81. The molecule has 158 valence electrons. The molecule has 0 aromatic rings. The zero-order valence-corrected chi connectivity index (χ0v) is 16.8. The molecule has 1 heterocycles. The van der Waals surface area contributed by atoms with E-state index in [1.54, 1.807) is 0 Å². The molecule has 0 bridgehead atoms. The fraction of sp³-hybridized carbons (Fsp3) is 0.952. The summed E-state index contributed by atoms with van der Waals surface area (Å²) in [5.74, 6) is 0.391. The van der Waals surface area contributed by atoms with Crippen LogP contribution in [0, 0.1) is 17.8 Å². The number of Topliss-reactive ketones (excluding diaryl/α,β-unsaturated/α-hetero) is 1. The van der Waals surface area contributed by atoms with E-state index in [9.17, 15) is 25.2 Å². The Morgan fingerprint density at radius 3 is 2.22 bits per heavy atom. The number of ketones is 1. The fourth-order valence-corrected chi connectivity index (χ4v) is 4.82. The van der Waals surface area contributed by atoms with Gasteiger partial charge in [-0.25, -0.2) is 0 Å². The van der Waals surface area contributed by atoms with Gasteiger partial charge in [-0.05, 0) is 24.7 Å². The van der Waals surface area contributed by atoms with Crippen molar-refractivity contribution in [1.82, 2.24) is 0 Å². The number of aliphatic hydroxyl groups is 4. The second-order valence-electron chi connectivity index (χ2n) is 8.46. The van der Waals surface area contributed by atoms with Gasteiger partial charge in [0.25, 0.3) is 0 Å². The molecule has 4 N–H and O–H groups in total. The second-order valence-corrected chi connectivity index (χ2v) is 8.46. The van der Waals surface area contributed by atoms with Crippen LogP contribution in [-0.2, 0) is 9.53 Å². The average molecular weight is 387 g/mol. The third-order valence-electron chi connectivity index (χ3n) is 6.53. The summed E-state index contributed by atoms with van der Waals surface area (Å²) in [5.41, 5.74) is 0. The highest BCUT2D eigenvalue weighted by molar-refractivity contribution is 5.82. The van der Waals surface area contributed by atoms with Crippen LogP contribution in [0.4, 0.5) is 0 Å². The second kappa shape index (κ2) is 10.9. The van der Waals surface area contributed by atoms with Crippen LogP contribution in [-0.4, -0.2) is 63.3 Å². The molecule has 8 atom stereocenters. The molecule has 5 unspecified atom stereocenters. The van der Waals surface area contributed by atoms with E-state index >= 15 is 0 Å². The first-order valence-electron chi connectivity index (χ1n) is 10.8. The van der Waals surface area contributed by atoms with Gasteiger partial charge >= 0.3 is 0 Å². The number of carbonyl (C=O) groups excluding carboxylic acids is 1. The first-order chi connectivity index (χ1) is 12.9. The van der Waals surface area contributed by atoms with E-state index in [2.05, 4.69) is 13.8 Å². The van der Waals surface area contributed by atoms with Crippen molar-refractivity contribution in [3.63, 3.8) is 0 Å². The molecule has 2 fully saturated rings. The largest absolute Gasteiger partial charge is 0.394 e. The standard InChI is InChI=1S/C21H38O6/c1-3-5-7-9-14-11-16(23)15(10-13(14)8-6-4-2)21-20(26)19(25)18(24)17(12-22)27-21/h13-15,17-22,24-26H,3-12H2,1-2H3/t13-,14-,15-,17?,18?,19?,20?,21?/m0/s1. The summed E-state index contributed by atoms with van der Waals surface area (Å²) in [6.07, 6.45) is 3.06. The third kappa shape index (κ3) is 5.51. The van der Waals surface area contributed by atoms with E-state index in [1.165, 1.54) is 6.42 Å². The molecule has 6 heteroatoms. The highest BCUT2D eigenvalue weighted by atomic mass is 16.5. The Morgan fingerprint density at radius 2 is 1.59 bits per heavy atom. The van der Waals surface area contributed by atoms with Gasteiger partial charge in [-0.1, -0.05) is 52.4 Å². The van der Waals surface area contributed by atoms with Crippen molar-refractivity contribution in [3.05, 3.63) is 0 Å². The minimum Gasteiger partial charge on any atom is -0.394 e. The quantitative estimate of drug-likeness (QED) is 0.450. The Bertz CT molecular complexity index is 454. The van der Waals surface area contributed by atoms with Crippen LogP contribution < -0.4 is 0 Å². The maximum absolute atomic E-state index is 12.9. The lowest BCUT2D eigenvalue weighted by atomic mass is 9.67. The number of ether oxygens (including phenoxy) is 1. The van der Waals surface area contributed by atoms with Gasteiger partial charge in [0.1, 0.15) is 30.2 Å². The van der Waals surface area contributed by atoms with E-state index in [0.717, 1.165) is 38.5 Å². The normalized spacial score (nSPS) is 40.3. The van der Waals surface area contributed by atoms with Crippen molar-refractivity contribution in [3.8, 4) is 0 Å². The van der Waals surface area contributed by atoms with E-state index < -0.39 is 43.0 Å². The molecule has 0 aromatic carbocycles. The van der Waals surface area contributed by atoms with Gasteiger partial charge in [0.2, 0.25) is 0 Å². The van der Waals surface area contributed by atoms with Crippen molar-refractivity contribution in [2.45, 2.75) is 102 Å². The average Bonchev–Trinajstić information content (AvgIpc) is 2.66. The molecular weight excluding hydrogens is 348 g/mol. The van der Waals surface area contributed by atoms with Gasteiger partial charge in [0.05, 0.1) is 12.7 Å². The summed E-state index contributed by atoms with van der Waals surface area (Å²) in [6.45, 7) is 3.88. The summed E-state index contributed by atoms with van der Waals surface area (Å²) < 4.78 is 5.70. The number of carbonyl (C=O) groups is 1. The fourth-order valence-electron chi connectivity index (χ4n) is 4.82. The summed E-state index contributed by atoms with van der Waals surface area (Å²) in [4.78, 5) is 12.9. The molecule has 1 saturated carbocycles. The highest BCUT2D eigenvalue weighted by Gasteiger charge is 2.50. The van der Waals surface area contributed by atoms with Crippen LogP contribution in [0.25, 0.3) is 0 Å². The minimum atomic E-state index is -1.41. The molecule has 27 heavy (non-hydrogen) atoms. The van der Waals surface area contributed by atoms with Crippen LogP contribution in [0.1, 0.15) is 71.6 Å². The van der Waals surface area contributed by atoms with E-state index in [0.29, 0.717) is 24.7 Å². The lowest BCUT2D eigenvalue weighted by molar-refractivity contribution is -0.242. The van der Waals surface area contributed by atoms with Crippen molar-refractivity contribution >= 4 is 5.78 Å². The number of unbranched alkanes of at least 4 members (excludes halogenated alkanes) is 3. The van der Waals surface area contributed by atoms with Crippen LogP contribution in [0.3, 0.4) is 0 Å². The molecule has 0 radical (unpaired) electrons. The molecule has 1 aliphatic carbocycles. The lowest BCUT2D eigenvalue weighted by Crippen LogP contribution is -2.61. The van der Waals surface area contributed by atoms with Gasteiger partial charge in [0, 0.05) is 12.3 Å². The third-order valence-corrected chi connectivity index (χ3v) is 6.53. The Kier molecular flexibility index (Phi) is 9.16. The SMILES string of the molecule is CCCCC[C@H]1CC(=O)[C@@H](C2OC(CO)C(O)C(O)C2O)C[C@@H]1CCCC. The van der Waals surface area contributed by atoms with Gasteiger partial charge in [-0.3, -0.25) is 4.79 Å². The van der Waals surface area contributed by atoms with Gasteiger partial charge < -0.3 is 25.2 Å². The summed E-state index contributed by atoms with van der Waals surface area (Å²) in [5, 5.41) is 39.9. The Morgan fingerprint density at radius 1 is 0.926 bits per heavy atom. The minimum absolute atomic E-state index is 0.0774. The maximum Gasteiger partial charge on any atom is 0.138 e. The van der Waals surface area contributed by atoms with Crippen LogP contribution >= 0.6 is 0 Å². The zero-order valence-electron chi connectivity index (χ0n) is 16.8. The van der Waals surface area contributed by atoms with Crippen LogP contribution in [0.2, 0.25) is 0 Å². The Balaban J connectivity index is 2.10. The molecule has 2 aliphatic rings. The molecule has 0 aromatic heterocycles. The van der Waals surface area contributed by atoms with Gasteiger partial charge in [-0.15, -0.1) is 0 Å². The van der Waals surface area contributed by atoms with E-state index in [4.69, 9.17) is 4.74 Å². The topological polar surface area (TPSA) is 107 Å². The molecule has 1 saturated heterocycles. The number of hydrogen-bond donors (Lipinski definition) is 4. The monoisotopic (exact) mass is 386 g/mol. The van der Waals surface area contributed by atoms with Gasteiger partial charge in [-0.2, -0.15) is 0 Å². The Hall–Kier alpha value is -0.530. The molecule has 6 nitrogen and oxygen atoms in total. The summed E-state index contributed by atoms with van der Waals surface area (Å²) in [7, 11) is 0. The highest BCUT2D eigenvalue weighted by Crippen LogP contribution is 2.41. The van der Waals surface area contributed by atoms with Crippen molar-refractivity contribution in [1.29, 1.82) is 0 Å². The lowest BCUT2D eigenvalue weighted by Gasteiger charge is -2.46. The summed E-state index contributed by atoms with van der Waals surface area (Å²) in [6, 6.07) is 0. The van der Waals surface area contributed by atoms with Crippen molar-refractivity contribution in [2.75, 3.05) is 6.61 Å². The van der Waals surface area contributed by atoms with Crippen LogP contribution in [0.5, 0.6) is 0 Å². The number of hydrogen-bond acceptors (Lipinski definition) is 6. The number of rotatable bonds is 9. The predicted molar refractivity (Wildman–Crippen MR) is 102 cm³/mol.